The second-order valence-corrected chi connectivity index (χ2v) is 3.80. The minimum absolute atomic E-state index is 0. The number of aryl methyl sites for hydroxylation is 1. The SMILES string of the molecule is [Br-].[Mg+][c]1ccc(CCCCl)cc1. The summed E-state index contributed by atoms with van der Waals surface area (Å²) in [5.74, 6) is 0.760. The van der Waals surface area contributed by atoms with Crippen molar-refractivity contribution in [2.75, 3.05) is 5.88 Å². The Morgan fingerprint density at radius 1 is 1.17 bits per heavy atom. The molecule has 62 valence electrons. The van der Waals surface area contributed by atoms with E-state index in [4.69, 9.17) is 11.6 Å². The molecule has 0 saturated heterocycles. The molecule has 0 bridgehead atoms. The van der Waals surface area contributed by atoms with Gasteiger partial charge in [-0.05, 0) is 0 Å². The Labute approximate surface area is 102 Å². The van der Waals surface area contributed by atoms with Crippen LogP contribution in [-0.4, -0.2) is 27.6 Å². The van der Waals surface area contributed by atoms with Crippen molar-refractivity contribution in [3.05, 3.63) is 29.8 Å². The van der Waals surface area contributed by atoms with Crippen LogP contribution < -0.4 is 20.7 Å². The molecular weight excluding hydrogens is 248 g/mol. The Bertz CT molecular complexity index is 210. The van der Waals surface area contributed by atoms with Crippen LogP contribution in [0.15, 0.2) is 24.3 Å². The van der Waals surface area contributed by atoms with E-state index in [0.29, 0.717) is 0 Å². The molecule has 0 aliphatic rings. The van der Waals surface area contributed by atoms with Gasteiger partial charge in [0.1, 0.15) is 0 Å². The fourth-order valence-electron chi connectivity index (χ4n) is 0.977. The van der Waals surface area contributed by atoms with Crippen LogP contribution in [0.4, 0.5) is 0 Å². The summed E-state index contributed by atoms with van der Waals surface area (Å²) in [6.07, 6.45) is 2.18. The summed E-state index contributed by atoms with van der Waals surface area (Å²) < 4.78 is 1.35. The van der Waals surface area contributed by atoms with E-state index in [1.165, 1.54) is 9.26 Å². The normalized spacial score (nSPS) is 9.25. The Balaban J connectivity index is 0.00000121. The quantitative estimate of drug-likeness (QED) is 0.464. The molecule has 0 unspecified atom stereocenters. The van der Waals surface area contributed by atoms with Crippen molar-refractivity contribution in [1.82, 2.24) is 0 Å². The zero-order chi connectivity index (χ0) is 8.10. The molecule has 0 aromatic heterocycles. The summed E-state index contributed by atoms with van der Waals surface area (Å²) in [6.45, 7) is 0. The fraction of sp³-hybridized carbons (Fsp3) is 0.333. The first kappa shape index (κ1) is 12.8. The van der Waals surface area contributed by atoms with E-state index in [1.54, 1.807) is 0 Å². The van der Waals surface area contributed by atoms with Gasteiger partial charge in [0.2, 0.25) is 0 Å². The van der Waals surface area contributed by atoms with Crippen LogP contribution in [0.5, 0.6) is 0 Å². The number of hydrogen-bond donors (Lipinski definition) is 0. The summed E-state index contributed by atoms with van der Waals surface area (Å²) in [6, 6.07) is 8.66. The first-order valence-electron chi connectivity index (χ1n) is 3.80. The molecule has 0 spiro atoms. The second kappa shape index (κ2) is 7.19. The van der Waals surface area contributed by atoms with Gasteiger partial charge in [-0.15, -0.1) is 0 Å². The number of benzene rings is 1. The molecule has 1 aromatic carbocycles. The van der Waals surface area contributed by atoms with E-state index in [2.05, 4.69) is 24.3 Å². The Morgan fingerprint density at radius 3 is 2.25 bits per heavy atom. The number of hydrogen-bond acceptors (Lipinski definition) is 0. The van der Waals surface area contributed by atoms with Crippen LogP contribution >= 0.6 is 11.6 Å². The molecule has 12 heavy (non-hydrogen) atoms. The topological polar surface area (TPSA) is 0 Å². The van der Waals surface area contributed by atoms with Gasteiger partial charge in [0, 0.05) is 0 Å². The molecule has 0 aliphatic heterocycles. The first-order chi connectivity index (χ1) is 5.33. The van der Waals surface area contributed by atoms with E-state index in [-0.39, 0.29) is 17.0 Å². The molecule has 0 amide bonds. The third-order valence-electron chi connectivity index (χ3n) is 1.62. The monoisotopic (exact) mass is 256 g/mol. The van der Waals surface area contributed by atoms with Crippen molar-refractivity contribution in [2.45, 2.75) is 12.8 Å². The maximum atomic E-state index is 5.58. The van der Waals surface area contributed by atoms with Crippen LogP contribution in [0.3, 0.4) is 0 Å². The van der Waals surface area contributed by atoms with E-state index < -0.39 is 0 Å². The van der Waals surface area contributed by atoms with Crippen molar-refractivity contribution in [1.29, 1.82) is 0 Å². The van der Waals surface area contributed by atoms with Crippen LogP contribution in [0.2, 0.25) is 0 Å². The van der Waals surface area contributed by atoms with Gasteiger partial charge in [-0.1, -0.05) is 0 Å². The molecule has 0 saturated carbocycles. The average Bonchev–Trinajstić information content (AvgIpc) is 2.04. The first-order valence-corrected chi connectivity index (χ1v) is 5.04. The van der Waals surface area contributed by atoms with Gasteiger partial charge in [0.25, 0.3) is 0 Å². The third kappa shape index (κ3) is 4.70. The molecule has 0 heterocycles. The molecule has 0 N–H and O–H groups in total. The van der Waals surface area contributed by atoms with Gasteiger partial charge >= 0.3 is 85.6 Å². The maximum absolute atomic E-state index is 5.58. The predicted octanol–water partition coefficient (Wildman–Crippen LogP) is -1.34. The zero-order valence-electron chi connectivity index (χ0n) is 6.89. The molecular formula is C9H10BrClMg. The standard InChI is InChI=1S/C9H10Cl.BrH.Mg/c10-8-4-7-9-5-2-1-3-6-9;;/h2-3,5-6H,4,7-8H2;1H;/q;;+1/p-1. The van der Waals surface area contributed by atoms with Gasteiger partial charge in [-0.3, -0.25) is 0 Å². The van der Waals surface area contributed by atoms with E-state index in [0.717, 1.165) is 18.7 Å². The molecule has 0 radical (unpaired) electrons. The van der Waals surface area contributed by atoms with Crippen molar-refractivity contribution in [3.8, 4) is 0 Å². The summed E-state index contributed by atoms with van der Waals surface area (Å²) in [7, 11) is 0. The van der Waals surface area contributed by atoms with Crippen LogP contribution in [-0.2, 0) is 6.42 Å². The molecule has 0 fully saturated rings. The molecule has 0 atom stereocenters. The Morgan fingerprint density at radius 2 is 1.75 bits per heavy atom. The number of alkyl halides is 1. The van der Waals surface area contributed by atoms with Crippen molar-refractivity contribution >= 4 is 37.0 Å². The van der Waals surface area contributed by atoms with Gasteiger partial charge in [-0.2, -0.15) is 0 Å². The second-order valence-electron chi connectivity index (χ2n) is 2.61. The molecule has 1 rings (SSSR count). The van der Waals surface area contributed by atoms with Crippen LogP contribution in [0.1, 0.15) is 12.0 Å². The van der Waals surface area contributed by atoms with Crippen LogP contribution in [0.25, 0.3) is 0 Å². The summed E-state index contributed by atoms with van der Waals surface area (Å²) in [5.41, 5.74) is 1.39. The van der Waals surface area contributed by atoms with Gasteiger partial charge in [0.05, 0.1) is 0 Å². The Hall–Kier alpha value is 0.756. The molecule has 1 aromatic rings. The molecule has 3 heteroatoms. The third-order valence-corrected chi connectivity index (χ3v) is 2.36. The zero-order valence-corrected chi connectivity index (χ0v) is 10.6. The van der Waals surface area contributed by atoms with Gasteiger partial charge in [-0.25, -0.2) is 0 Å². The average molecular weight is 258 g/mol. The fourth-order valence-corrected chi connectivity index (χ4v) is 1.35. The molecule has 0 aliphatic carbocycles. The van der Waals surface area contributed by atoms with E-state index >= 15 is 0 Å². The summed E-state index contributed by atoms with van der Waals surface area (Å²) >= 11 is 7.50. The van der Waals surface area contributed by atoms with Gasteiger partial charge in [0.15, 0.2) is 0 Å². The molecule has 0 nitrogen and oxygen atoms in total. The summed E-state index contributed by atoms with van der Waals surface area (Å²) in [5, 5.41) is 0. The summed E-state index contributed by atoms with van der Waals surface area (Å²) in [4.78, 5) is 0. The predicted molar refractivity (Wildman–Crippen MR) is 50.9 cm³/mol. The van der Waals surface area contributed by atoms with Crippen molar-refractivity contribution in [3.63, 3.8) is 0 Å². The van der Waals surface area contributed by atoms with Gasteiger partial charge < -0.3 is 17.0 Å². The van der Waals surface area contributed by atoms with Crippen molar-refractivity contribution in [2.24, 2.45) is 0 Å². The van der Waals surface area contributed by atoms with E-state index in [1.807, 2.05) is 21.7 Å². The van der Waals surface area contributed by atoms with Crippen LogP contribution in [0, 0.1) is 0 Å². The Kier molecular flexibility index (Phi) is 7.64. The minimum atomic E-state index is 0. The number of rotatable bonds is 3. The van der Waals surface area contributed by atoms with E-state index in [9.17, 15) is 0 Å². The number of halogens is 2. The van der Waals surface area contributed by atoms with Crippen molar-refractivity contribution < 1.29 is 17.0 Å².